The number of hydrogen-bond acceptors (Lipinski definition) is 2. The van der Waals surface area contributed by atoms with Crippen molar-refractivity contribution in [1.29, 1.82) is 0 Å². The Morgan fingerprint density at radius 1 is 1.47 bits per heavy atom. The van der Waals surface area contributed by atoms with Gasteiger partial charge in [-0.15, -0.1) is 0 Å². The Balaban J connectivity index is 1.91. The van der Waals surface area contributed by atoms with E-state index >= 15 is 0 Å². The molecule has 5 heteroatoms. The van der Waals surface area contributed by atoms with E-state index in [1.54, 1.807) is 6.07 Å². The number of nitrogens with zero attached hydrogens (tertiary/aromatic N) is 1. The topological polar surface area (TPSA) is 32.3 Å². The average molecular weight is 329 g/mol. The van der Waals surface area contributed by atoms with Gasteiger partial charge in [-0.05, 0) is 67.0 Å². The van der Waals surface area contributed by atoms with Crippen LogP contribution in [0.5, 0.6) is 0 Å². The second-order valence-corrected chi connectivity index (χ2v) is 5.78. The van der Waals surface area contributed by atoms with Crippen molar-refractivity contribution in [2.45, 2.75) is 25.8 Å². The van der Waals surface area contributed by atoms with Crippen LogP contribution in [0.25, 0.3) is 0 Å². The molecule has 104 valence electrons. The predicted molar refractivity (Wildman–Crippen MR) is 76.7 cm³/mol. The minimum Gasteiger partial charge on any atom is -0.350 e. The zero-order valence-electron chi connectivity index (χ0n) is 11.0. The molecule has 1 aromatic carbocycles. The second-order valence-electron chi connectivity index (χ2n) is 4.93. The third kappa shape index (κ3) is 3.76. The molecule has 0 unspecified atom stereocenters. The third-order valence-corrected chi connectivity index (χ3v) is 4.19. The summed E-state index contributed by atoms with van der Waals surface area (Å²) >= 11 is 3.27. The van der Waals surface area contributed by atoms with Crippen LogP contribution in [-0.4, -0.2) is 36.5 Å². The molecule has 1 aliphatic heterocycles. The van der Waals surface area contributed by atoms with E-state index in [2.05, 4.69) is 33.1 Å². The van der Waals surface area contributed by atoms with Gasteiger partial charge >= 0.3 is 0 Å². The molecule has 1 heterocycles. The van der Waals surface area contributed by atoms with Crippen LogP contribution >= 0.6 is 15.9 Å². The zero-order chi connectivity index (χ0) is 13.8. The fraction of sp³-hybridized carbons (Fsp3) is 0.500. The van der Waals surface area contributed by atoms with Gasteiger partial charge in [0.05, 0.1) is 5.56 Å². The summed E-state index contributed by atoms with van der Waals surface area (Å²) in [5.74, 6) is -0.640. The van der Waals surface area contributed by atoms with Gasteiger partial charge in [-0.2, -0.15) is 0 Å². The van der Waals surface area contributed by atoms with E-state index < -0.39 is 5.82 Å². The number of nitrogens with one attached hydrogen (secondary N) is 1. The molecular weight excluding hydrogens is 311 g/mol. The summed E-state index contributed by atoms with van der Waals surface area (Å²) in [7, 11) is 0. The van der Waals surface area contributed by atoms with Crippen molar-refractivity contribution in [3.8, 4) is 0 Å². The number of hydrogen-bond donors (Lipinski definition) is 1. The Hall–Kier alpha value is -0.940. The number of carbonyl (C=O) groups is 1. The maximum Gasteiger partial charge on any atom is 0.252 e. The van der Waals surface area contributed by atoms with Gasteiger partial charge in [-0.25, -0.2) is 4.39 Å². The molecular formula is C14H18BrFN2O. The lowest BCUT2D eigenvalue weighted by Gasteiger charge is -2.23. The molecule has 1 amide bonds. The van der Waals surface area contributed by atoms with Crippen LogP contribution in [0.3, 0.4) is 0 Å². The minimum absolute atomic E-state index is 0.238. The molecule has 0 spiro atoms. The van der Waals surface area contributed by atoms with Crippen LogP contribution in [0, 0.1) is 5.82 Å². The largest absolute Gasteiger partial charge is 0.350 e. The van der Waals surface area contributed by atoms with Gasteiger partial charge in [-0.1, -0.05) is 0 Å². The Morgan fingerprint density at radius 2 is 2.16 bits per heavy atom. The van der Waals surface area contributed by atoms with E-state index in [0.717, 1.165) is 13.1 Å². The maximum atomic E-state index is 13.1. The Morgan fingerprint density at radius 3 is 2.84 bits per heavy atom. The number of likely N-dealkylation sites (tertiary alicyclic amines) is 1. The Labute approximate surface area is 121 Å². The molecule has 3 nitrogen and oxygen atoms in total. The number of rotatable bonds is 4. The molecule has 1 N–H and O–H groups in total. The smallest absolute Gasteiger partial charge is 0.252 e. The predicted octanol–water partition coefficient (Wildman–Crippen LogP) is 2.80. The van der Waals surface area contributed by atoms with Gasteiger partial charge in [-0.3, -0.25) is 9.69 Å². The summed E-state index contributed by atoms with van der Waals surface area (Å²) in [5.41, 5.74) is 0.341. The van der Waals surface area contributed by atoms with Gasteiger partial charge < -0.3 is 5.32 Å². The first-order valence-electron chi connectivity index (χ1n) is 6.55. The lowest BCUT2D eigenvalue weighted by molar-refractivity contribution is 0.0939. The van der Waals surface area contributed by atoms with E-state index in [1.165, 1.54) is 25.0 Å². The van der Waals surface area contributed by atoms with E-state index in [-0.39, 0.29) is 5.91 Å². The van der Waals surface area contributed by atoms with Crippen molar-refractivity contribution in [3.05, 3.63) is 34.1 Å². The summed E-state index contributed by atoms with van der Waals surface area (Å²) < 4.78 is 13.8. The molecule has 1 fully saturated rings. The zero-order valence-corrected chi connectivity index (χ0v) is 12.5. The highest BCUT2D eigenvalue weighted by atomic mass is 79.9. The normalized spacial score (nSPS) is 17.4. The average Bonchev–Trinajstić information content (AvgIpc) is 2.92. The molecule has 19 heavy (non-hydrogen) atoms. The fourth-order valence-electron chi connectivity index (χ4n) is 2.32. The molecule has 1 atom stereocenters. The van der Waals surface area contributed by atoms with Crippen LogP contribution in [0.1, 0.15) is 30.1 Å². The fourth-order valence-corrected chi connectivity index (χ4v) is 2.75. The molecule has 2 rings (SSSR count). The van der Waals surface area contributed by atoms with Crippen molar-refractivity contribution in [3.63, 3.8) is 0 Å². The number of amides is 1. The summed E-state index contributed by atoms with van der Waals surface area (Å²) in [4.78, 5) is 14.4. The highest BCUT2D eigenvalue weighted by molar-refractivity contribution is 9.10. The van der Waals surface area contributed by atoms with E-state index in [4.69, 9.17) is 0 Å². The van der Waals surface area contributed by atoms with Gasteiger partial charge in [0.2, 0.25) is 0 Å². The van der Waals surface area contributed by atoms with E-state index in [1.807, 2.05) is 0 Å². The first-order chi connectivity index (χ1) is 9.08. The maximum absolute atomic E-state index is 13.1. The SMILES string of the molecule is C[C@H](CNC(=O)c1cc(F)ccc1Br)N1CCCC1. The number of benzene rings is 1. The molecule has 0 aliphatic carbocycles. The first-order valence-corrected chi connectivity index (χ1v) is 7.34. The molecule has 0 saturated carbocycles. The molecule has 0 bridgehead atoms. The van der Waals surface area contributed by atoms with Crippen LogP contribution in [0.2, 0.25) is 0 Å². The minimum atomic E-state index is -0.402. The quantitative estimate of drug-likeness (QED) is 0.921. The van der Waals surface area contributed by atoms with Crippen molar-refractivity contribution in [2.24, 2.45) is 0 Å². The summed E-state index contributed by atoms with van der Waals surface area (Å²) in [6, 6.07) is 4.45. The van der Waals surface area contributed by atoms with E-state index in [0.29, 0.717) is 22.6 Å². The van der Waals surface area contributed by atoms with Gasteiger partial charge in [0.25, 0.3) is 5.91 Å². The molecule has 1 aromatic rings. The van der Waals surface area contributed by atoms with Crippen LogP contribution in [-0.2, 0) is 0 Å². The Bertz CT molecular complexity index is 461. The van der Waals surface area contributed by atoms with Gasteiger partial charge in [0, 0.05) is 17.1 Å². The molecule has 0 radical (unpaired) electrons. The standard InChI is InChI=1S/C14H18BrFN2O/c1-10(18-6-2-3-7-18)9-17-14(19)12-8-11(16)4-5-13(12)15/h4-5,8,10H,2-3,6-7,9H2,1H3,(H,17,19)/t10-/m1/s1. The summed E-state index contributed by atoms with van der Waals surface area (Å²) in [6.45, 7) is 4.88. The lowest BCUT2D eigenvalue weighted by Crippen LogP contribution is -2.40. The monoisotopic (exact) mass is 328 g/mol. The lowest BCUT2D eigenvalue weighted by atomic mass is 10.2. The van der Waals surface area contributed by atoms with Crippen molar-refractivity contribution < 1.29 is 9.18 Å². The van der Waals surface area contributed by atoms with Crippen LogP contribution in [0.15, 0.2) is 22.7 Å². The van der Waals surface area contributed by atoms with Crippen molar-refractivity contribution in [2.75, 3.05) is 19.6 Å². The number of carbonyl (C=O) groups excluding carboxylic acids is 1. The van der Waals surface area contributed by atoms with Crippen LogP contribution in [0.4, 0.5) is 4.39 Å². The molecule has 1 saturated heterocycles. The van der Waals surface area contributed by atoms with Crippen molar-refractivity contribution in [1.82, 2.24) is 10.2 Å². The second kappa shape index (κ2) is 6.48. The Kier molecular flexibility index (Phi) is 4.93. The van der Waals surface area contributed by atoms with E-state index in [9.17, 15) is 9.18 Å². The summed E-state index contributed by atoms with van der Waals surface area (Å²) in [6.07, 6.45) is 2.46. The molecule has 1 aliphatic rings. The third-order valence-electron chi connectivity index (χ3n) is 3.50. The summed E-state index contributed by atoms with van der Waals surface area (Å²) in [5, 5.41) is 2.87. The first kappa shape index (κ1) is 14.5. The van der Waals surface area contributed by atoms with Gasteiger partial charge in [0.1, 0.15) is 5.82 Å². The molecule has 0 aromatic heterocycles. The van der Waals surface area contributed by atoms with Gasteiger partial charge in [0.15, 0.2) is 0 Å². The number of halogens is 2. The van der Waals surface area contributed by atoms with Crippen molar-refractivity contribution >= 4 is 21.8 Å². The highest BCUT2D eigenvalue weighted by Crippen LogP contribution is 2.18. The highest BCUT2D eigenvalue weighted by Gasteiger charge is 2.19. The van der Waals surface area contributed by atoms with Crippen LogP contribution < -0.4 is 5.32 Å².